The van der Waals surface area contributed by atoms with Crippen molar-refractivity contribution in [3.8, 4) is 5.75 Å². The molecule has 284 valence electrons. The topological polar surface area (TPSA) is 230 Å². The molecule has 15 heteroatoms. The van der Waals surface area contributed by atoms with Crippen LogP contribution in [0.4, 0.5) is 0 Å². The van der Waals surface area contributed by atoms with E-state index in [1.165, 1.54) is 28.2 Å². The fourth-order valence-corrected chi connectivity index (χ4v) is 7.51. The van der Waals surface area contributed by atoms with Crippen LogP contribution in [0.5, 0.6) is 5.75 Å². The van der Waals surface area contributed by atoms with E-state index in [1.54, 1.807) is 30.3 Å². The lowest BCUT2D eigenvalue weighted by Crippen LogP contribution is -2.54. The minimum Gasteiger partial charge on any atom is -0.489 e. The molecule has 2 aromatic heterocycles. The highest BCUT2D eigenvalue weighted by Crippen LogP contribution is 2.30. The molecule has 4 amide bonds. The van der Waals surface area contributed by atoms with Gasteiger partial charge in [-0.15, -0.1) is 22.7 Å². The van der Waals surface area contributed by atoms with Crippen LogP contribution in [0.15, 0.2) is 71.0 Å². The molecule has 4 aromatic rings. The number of hydrogen-bond donors (Lipinski definition) is 7. The Morgan fingerprint density at radius 2 is 1.47 bits per heavy atom. The van der Waals surface area contributed by atoms with E-state index in [-0.39, 0.29) is 30.8 Å². The zero-order chi connectivity index (χ0) is 38.5. The highest BCUT2D eigenvalue weighted by molar-refractivity contribution is 7.27. The minimum absolute atomic E-state index is 0.0514. The van der Waals surface area contributed by atoms with Crippen LogP contribution < -0.4 is 43.6 Å². The molecule has 13 nitrogen and oxygen atoms in total. The third kappa shape index (κ3) is 12.3. The van der Waals surface area contributed by atoms with Gasteiger partial charge in [0.05, 0.1) is 4.88 Å². The van der Waals surface area contributed by atoms with Gasteiger partial charge in [-0.1, -0.05) is 57.2 Å². The number of fused-ring (bicyclic) bond motifs is 1. The van der Waals surface area contributed by atoms with E-state index in [0.29, 0.717) is 48.6 Å². The van der Waals surface area contributed by atoms with Gasteiger partial charge in [-0.05, 0) is 90.4 Å². The van der Waals surface area contributed by atoms with E-state index in [2.05, 4.69) is 53.8 Å². The average molecular weight is 763 g/mol. The summed E-state index contributed by atoms with van der Waals surface area (Å²) >= 11 is 2.84. The monoisotopic (exact) mass is 762 g/mol. The van der Waals surface area contributed by atoms with Crippen molar-refractivity contribution < 1.29 is 23.9 Å². The summed E-state index contributed by atoms with van der Waals surface area (Å²) in [4.78, 5) is 57.8. The number of unbranched alkanes of at least 4 members (excludes halogenated alkanes) is 1. The molecule has 0 aliphatic heterocycles. The fourth-order valence-electron chi connectivity index (χ4n) is 5.50. The number of carbonyl (C=O) groups is 4. The Bertz CT molecular complexity index is 1830. The first-order chi connectivity index (χ1) is 25.2. The van der Waals surface area contributed by atoms with Crippen LogP contribution in [0.1, 0.15) is 85.3 Å². The number of guanidine groups is 1. The second-order valence-electron chi connectivity index (χ2n) is 13.7. The van der Waals surface area contributed by atoms with Crippen LogP contribution in [-0.2, 0) is 26.4 Å². The molecule has 0 saturated heterocycles. The number of ether oxygens (including phenoxy) is 1. The number of hydrogen-bond acceptors (Lipinski definition) is 9. The normalized spacial score (nSPS) is 13.1. The van der Waals surface area contributed by atoms with Crippen molar-refractivity contribution >= 4 is 61.7 Å². The van der Waals surface area contributed by atoms with Crippen molar-refractivity contribution in [1.82, 2.24) is 16.0 Å². The van der Waals surface area contributed by atoms with Gasteiger partial charge in [0.1, 0.15) is 30.5 Å². The highest BCUT2D eigenvalue weighted by Gasteiger charge is 2.30. The molecule has 0 radical (unpaired) electrons. The summed E-state index contributed by atoms with van der Waals surface area (Å²) < 4.78 is 7.90. The van der Waals surface area contributed by atoms with Crippen LogP contribution >= 0.6 is 22.7 Å². The number of benzene rings is 2. The van der Waals surface area contributed by atoms with Gasteiger partial charge >= 0.3 is 0 Å². The van der Waals surface area contributed by atoms with Crippen molar-refractivity contribution in [1.29, 1.82) is 0 Å². The summed E-state index contributed by atoms with van der Waals surface area (Å²) in [5.41, 5.74) is 25.1. The van der Waals surface area contributed by atoms with Crippen molar-refractivity contribution in [2.75, 3.05) is 13.1 Å². The number of aliphatic imine (C=N–C) groups is 1. The Kier molecular flexibility index (Phi) is 14.8. The molecule has 0 spiro atoms. The molecule has 0 unspecified atom stereocenters. The maximum absolute atomic E-state index is 13.7. The highest BCUT2D eigenvalue weighted by atomic mass is 32.1. The van der Waals surface area contributed by atoms with Crippen molar-refractivity contribution in [2.24, 2.45) is 27.9 Å². The number of nitrogens with one attached hydrogen (secondary N) is 3. The molecular formula is C38H50N8O5S2. The summed E-state index contributed by atoms with van der Waals surface area (Å²) in [6.07, 6.45) is 1.95. The fraction of sp³-hybridized carbons (Fsp3) is 0.395. The Labute approximate surface area is 317 Å². The second kappa shape index (κ2) is 19.2. The number of nitrogens with zero attached hydrogens (tertiary/aromatic N) is 1. The van der Waals surface area contributed by atoms with E-state index >= 15 is 0 Å². The summed E-state index contributed by atoms with van der Waals surface area (Å²) in [5.74, 6) is -1.88. The van der Waals surface area contributed by atoms with Gasteiger partial charge in [0.15, 0.2) is 5.96 Å². The average Bonchev–Trinajstić information content (AvgIpc) is 3.74. The predicted molar refractivity (Wildman–Crippen MR) is 212 cm³/mol. The van der Waals surface area contributed by atoms with Gasteiger partial charge in [0.25, 0.3) is 5.91 Å². The Hall–Kier alpha value is -4.99. The van der Waals surface area contributed by atoms with Gasteiger partial charge in [-0.3, -0.25) is 24.2 Å². The summed E-state index contributed by atoms with van der Waals surface area (Å²) in [6.45, 7) is 7.47. The number of amides is 4. The third-order valence-electron chi connectivity index (χ3n) is 8.52. The number of nitrogens with two attached hydrogens (primary N) is 4. The molecule has 0 fully saturated rings. The lowest BCUT2D eigenvalue weighted by atomic mass is 9.87. The minimum atomic E-state index is -1.18. The zero-order valence-corrected chi connectivity index (χ0v) is 32.0. The lowest BCUT2D eigenvalue weighted by molar-refractivity contribution is -0.132. The van der Waals surface area contributed by atoms with E-state index in [0.717, 1.165) is 15.0 Å². The molecule has 0 bridgehead atoms. The largest absolute Gasteiger partial charge is 0.489 e. The molecule has 0 saturated carbocycles. The molecule has 2 aromatic carbocycles. The summed E-state index contributed by atoms with van der Waals surface area (Å²) in [7, 11) is 0. The first-order valence-electron chi connectivity index (χ1n) is 17.5. The smallest absolute Gasteiger partial charge is 0.262 e. The van der Waals surface area contributed by atoms with Crippen LogP contribution in [0.25, 0.3) is 9.40 Å². The van der Waals surface area contributed by atoms with Crippen LogP contribution in [0, 0.1) is 0 Å². The van der Waals surface area contributed by atoms with Gasteiger partial charge in [-0.2, -0.15) is 0 Å². The van der Waals surface area contributed by atoms with E-state index in [4.69, 9.17) is 27.7 Å². The number of carbonyl (C=O) groups excluding carboxylic acids is 4. The quantitative estimate of drug-likeness (QED) is 0.0419. The predicted octanol–water partition coefficient (Wildman–Crippen LogP) is 3.95. The molecule has 0 aliphatic carbocycles. The molecule has 0 aliphatic rings. The molecule has 53 heavy (non-hydrogen) atoms. The summed E-state index contributed by atoms with van der Waals surface area (Å²) in [5, 5.41) is 10.3. The van der Waals surface area contributed by atoms with Crippen molar-refractivity contribution in [2.45, 2.75) is 83.0 Å². The Morgan fingerprint density at radius 1 is 0.811 bits per heavy atom. The Balaban J connectivity index is 1.44. The van der Waals surface area contributed by atoms with Crippen LogP contribution in [0.2, 0.25) is 0 Å². The molecule has 11 N–H and O–H groups in total. The SMILES string of the molecule is CC(C)(C)c1ccc(COc2ccc([C@@H](NC(=O)[C@H](CCCCN)NC(=O)[C@H](CCCN=C(N)N)NC(=O)c3cc4sccc4s3)C(N)=O)cc2)cc1. The molecule has 4 rings (SSSR count). The van der Waals surface area contributed by atoms with Crippen molar-refractivity contribution in [3.63, 3.8) is 0 Å². The van der Waals surface area contributed by atoms with E-state index in [9.17, 15) is 19.2 Å². The second-order valence-corrected chi connectivity index (χ2v) is 15.8. The molecule has 2 heterocycles. The van der Waals surface area contributed by atoms with Crippen LogP contribution in [-0.4, -0.2) is 54.8 Å². The number of rotatable bonds is 19. The van der Waals surface area contributed by atoms with Gasteiger partial charge in [0, 0.05) is 15.9 Å². The summed E-state index contributed by atoms with van der Waals surface area (Å²) in [6, 6.07) is 15.4. The standard InChI is InChI=1S/C38H50N8O5S2/c1-38(2,3)25-13-9-23(10-14-25)22-51-26-15-11-24(12-16-26)32(33(40)47)46-35(49)27(7-4-5-18-39)44-34(48)28(8-6-19-43-37(41)42)45-36(50)31-21-30-29(53-31)17-20-52-30/h9-17,20-21,27-28,32H,4-8,18-19,22,39H2,1-3H3,(H2,40,47)(H,44,48)(H,45,50)(H,46,49)(H4,41,42,43)/t27-,28-,32+/m0/s1. The first-order valence-corrected chi connectivity index (χ1v) is 19.2. The van der Waals surface area contributed by atoms with E-state index in [1.807, 2.05) is 23.6 Å². The maximum atomic E-state index is 13.7. The van der Waals surface area contributed by atoms with Gasteiger partial charge in [-0.25, -0.2) is 0 Å². The number of primary amides is 1. The number of thiophene rings is 2. The molecule has 3 atom stereocenters. The lowest BCUT2D eigenvalue weighted by Gasteiger charge is -2.25. The first kappa shape index (κ1) is 40.8. The van der Waals surface area contributed by atoms with Gasteiger partial charge in [0.2, 0.25) is 17.7 Å². The van der Waals surface area contributed by atoms with E-state index < -0.39 is 41.8 Å². The third-order valence-corrected chi connectivity index (χ3v) is 10.6. The van der Waals surface area contributed by atoms with Gasteiger partial charge < -0.3 is 43.6 Å². The van der Waals surface area contributed by atoms with Crippen molar-refractivity contribution in [3.05, 3.63) is 87.6 Å². The maximum Gasteiger partial charge on any atom is 0.262 e. The van der Waals surface area contributed by atoms with Crippen LogP contribution in [0.3, 0.4) is 0 Å². The zero-order valence-electron chi connectivity index (χ0n) is 30.4. The Morgan fingerprint density at radius 3 is 2.09 bits per heavy atom. The molecular weight excluding hydrogens is 713 g/mol.